The van der Waals surface area contributed by atoms with E-state index in [1.165, 1.54) is 6.26 Å². The van der Waals surface area contributed by atoms with Crippen molar-refractivity contribution in [3.63, 3.8) is 0 Å². The van der Waals surface area contributed by atoms with E-state index in [1.54, 1.807) is 19.2 Å². The number of hydrogen-bond donors (Lipinski definition) is 0. The number of amides is 1. The van der Waals surface area contributed by atoms with E-state index in [9.17, 15) is 4.79 Å². The van der Waals surface area contributed by atoms with Gasteiger partial charge in [-0.05, 0) is 18.6 Å². The van der Waals surface area contributed by atoms with Gasteiger partial charge in [-0.2, -0.15) is 0 Å². The Morgan fingerprint density at radius 3 is 3.17 bits per heavy atom. The first-order valence-corrected chi connectivity index (χ1v) is 6.20. The Hall–Kier alpha value is -1.33. The standard InChI is InChI=1S/C13H19NO4/c1-16-7-8-17-10-11-4-5-14(9-11)13(15)12-3-2-6-18-12/h2-3,6,11H,4-5,7-10H2,1H3/t11-/m0/s1. The van der Waals surface area contributed by atoms with Gasteiger partial charge in [0.25, 0.3) is 5.91 Å². The van der Waals surface area contributed by atoms with Gasteiger partial charge in [-0.25, -0.2) is 0 Å². The number of rotatable bonds is 6. The second-order valence-electron chi connectivity index (χ2n) is 4.45. The van der Waals surface area contributed by atoms with Gasteiger partial charge in [-0.1, -0.05) is 0 Å². The van der Waals surface area contributed by atoms with Crippen molar-refractivity contribution in [3.8, 4) is 0 Å². The van der Waals surface area contributed by atoms with E-state index in [-0.39, 0.29) is 5.91 Å². The van der Waals surface area contributed by atoms with E-state index in [2.05, 4.69) is 0 Å². The molecule has 1 aliphatic heterocycles. The summed E-state index contributed by atoms with van der Waals surface area (Å²) in [4.78, 5) is 13.8. The Morgan fingerprint density at radius 2 is 2.44 bits per heavy atom. The smallest absolute Gasteiger partial charge is 0.289 e. The molecule has 1 aromatic heterocycles. The van der Waals surface area contributed by atoms with E-state index in [1.807, 2.05) is 4.90 Å². The highest BCUT2D eigenvalue weighted by Crippen LogP contribution is 2.19. The quantitative estimate of drug-likeness (QED) is 0.719. The van der Waals surface area contributed by atoms with Gasteiger partial charge in [0, 0.05) is 26.1 Å². The molecule has 5 heteroatoms. The number of hydrogen-bond acceptors (Lipinski definition) is 4. The molecule has 1 saturated heterocycles. The fourth-order valence-electron chi connectivity index (χ4n) is 2.10. The fourth-order valence-corrected chi connectivity index (χ4v) is 2.10. The van der Waals surface area contributed by atoms with E-state index in [0.29, 0.717) is 31.5 Å². The molecule has 0 saturated carbocycles. The molecule has 1 aromatic rings. The predicted molar refractivity (Wildman–Crippen MR) is 65.4 cm³/mol. The van der Waals surface area contributed by atoms with Gasteiger partial charge in [0.15, 0.2) is 5.76 Å². The molecular weight excluding hydrogens is 234 g/mol. The van der Waals surface area contributed by atoms with Gasteiger partial charge in [0.2, 0.25) is 0 Å². The van der Waals surface area contributed by atoms with Crippen LogP contribution in [0.1, 0.15) is 17.0 Å². The first kappa shape index (κ1) is 13.1. The van der Waals surface area contributed by atoms with Gasteiger partial charge in [0.05, 0.1) is 26.1 Å². The lowest BCUT2D eigenvalue weighted by Gasteiger charge is -2.15. The number of likely N-dealkylation sites (tertiary alicyclic amines) is 1. The van der Waals surface area contributed by atoms with Crippen LogP contribution >= 0.6 is 0 Å². The maximum atomic E-state index is 12.0. The summed E-state index contributed by atoms with van der Waals surface area (Å²) in [5.74, 6) is 0.802. The maximum absolute atomic E-state index is 12.0. The minimum Gasteiger partial charge on any atom is -0.459 e. The summed E-state index contributed by atoms with van der Waals surface area (Å²) in [6, 6.07) is 3.43. The van der Waals surface area contributed by atoms with E-state index < -0.39 is 0 Å². The first-order chi connectivity index (χ1) is 8.81. The maximum Gasteiger partial charge on any atom is 0.289 e. The lowest BCUT2D eigenvalue weighted by atomic mass is 10.1. The normalized spacial score (nSPS) is 19.4. The molecule has 1 atom stereocenters. The molecule has 1 aliphatic rings. The van der Waals surface area contributed by atoms with Crippen LogP contribution in [0.2, 0.25) is 0 Å². The third kappa shape index (κ3) is 3.34. The Balaban J connectivity index is 1.73. The molecule has 0 unspecified atom stereocenters. The fraction of sp³-hybridized carbons (Fsp3) is 0.615. The van der Waals surface area contributed by atoms with Gasteiger partial charge in [0.1, 0.15) is 0 Å². The topological polar surface area (TPSA) is 51.9 Å². The summed E-state index contributed by atoms with van der Waals surface area (Å²) in [5, 5.41) is 0. The number of furan rings is 1. The van der Waals surface area contributed by atoms with Crippen molar-refractivity contribution in [1.29, 1.82) is 0 Å². The molecule has 0 spiro atoms. The zero-order valence-electron chi connectivity index (χ0n) is 10.6. The summed E-state index contributed by atoms with van der Waals surface area (Å²) in [6.07, 6.45) is 2.51. The Morgan fingerprint density at radius 1 is 1.56 bits per heavy atom. The average molecular weight is 253 g/mol. The Bertz CT molecular complexity index is 363. The Kier molecular flexibility index (Phi) is 4.78. The molecule has 0 aromatic carbocycles. The number of methoxy groups -OCH3 is 1. The number of carbonyl (C=O) groups is 1. The molecule has 1 amide bonds. The van der Waals surface area contributed by atoms with Crippen LogP contribution in [0.4, 0.5) is 0 Å². The molecule has 2 rings (SSSR count). The molecule has 0 N–H and O–H groups in total. The number of carbonyl (C=O) groups excluding carboxylic acids is 1. The van der Waals surface area contributed by atoms with Crippen molar-refractivity contribution >= 4 is 5.91 Å². The largest absolute Gasteiger partial charge is 0.459 e. The summed E-state index contributed by atoms with van der Waals surface area (Å²) in [6.45, 7) is 3.43. The van der Waals surface area contributed by atoms with Crippen LogP contribution in [-0.4, -0.2) is 50.8 Å². The highest BCUT2D eigenvalue weighted by molar-refractivity contribution is 5.91. The molecule has 100 valence electrons. The molecule has 18 heavy (non-hydrogen) atoms. The zero-order valence-corrected chi connectivity index (χ0v) is 10.6. The highest BCUT2D eigenvalue weighted by Gasteiger charge is 2.28. The lowest BCUT2D eigenvalue weighted by Crippen LogP contribution is -2.29. The van der Waals surface area contributed by atoms with Crippen LogP contribution < -0.4 is 0 Å². The third-order valence-electron chi connectivity index (χ3n) is 3.09. The first-order valence-electron chi connectivity index (χ1n) is 6.20. The predicted octanol–water partition coefficient (Wildman–Crippen LogP) is 1.40. The summed E-state index contributed by atoms with van der Waals surface area (Å²) in [7, 11) is 1.66. The third-order valence-corrected chi connectivity index (χ3v) is 3.09. The lowest BCUT2D eigenvalue weighted by molar-refractivity contribution is 0.0512. The van der Waals surface area contributed by atoms with Crippen molar-refractivity contribution in [2.24, 2.45) is 5.92 Å². The van der Waals surface area contributed by atoms with Crippen molar-refractivity contribution in [2.45, 2.75) is 6.42 Å². The Labute approximate surface area is 107 Å². The van der Waals surface area contributed by atoms with Crippen molar-refractivity contribution in [2.75, 3.05) is 40.0 Å². The van der Waals surface area contributed by atoms with Crippen LogP contribution in [0.5, 0.6) is 0 Å². The molecule has 5 nitrogen and oxygen atoms in total. The van der Waals surface area contributed by atoms with Gasteiger partial charge in [-0.15, -0.1) is 0 Å². The van der Waals surface area contributed by atoms with Gasteiger partial charge < -0.3 is 18.8 Å². The summed E-state index contributed by atoms with van der Waals surface area (Å²) in [5.41, 5.74) is 0. The zero-order chi connectivity index (χ0) is 12.8. The van der Waals surface area contributed by atoms with Crippen molar-refractivity contribution in [3.05, 3.63) is 24.2 Å². The summed E-state index contributed by atoms with van der Waals surface area (Å²) >= 11 is 0. The second kappa shape index (κ2) is 6.56. The molecule has 2 heterocycles. The number of nitrogens with zero attached hydrogens (tertiary/aromatic N) is 1. The van der Waals surface area contributed by atoms with Crippen LogP contribution in [-0.2, 0) is 9.47 Å². The van der Waals surface area contributed by atoms with E-state index >= 15 is 0 Å². The highest BCUT2D eigenvalue weighted by atomic mass is 16.5. The SMILES string of the molecule is COCCOC[C@H]1CCN(C(=O)c2ccco2)C1. The van der Waals surface area contributed by atoms with Crippen LogP contribution in [0, 0.1) is 5.92 Å². The van der Waals surface area contributed by atoms with Crippen LogP contribution in [0.3, 0.4) is 0 Å². The number of ether oxygens (including phenoxy) is 2. The molecule has 0 radical (unpaired) electrons. The van der Waals surface area contributed by atoms with Crippen molar-refractivity contribution in [1.82, 2.24) is 4.90 Å². The second-order valence-corrected chi connectivity index (χ2v) is 4.45. The average Bonchev–Trinajstić information content (AvgIpc) is 3.05. The molecule has 0 bridgehead atoms. The van der Waals surface area contributed by atoms with E-state index in [4.69, 9.17) is 13.9 Å². The summed E-state index contributed by atoms with van der Waals surface area (Å²) < 4.78 is 15.5. The molecule has 0 aliphatic carbocycles. The van der Waals surface area contributed by atoms with Crippen LogP contribution in [0.15, 0.2) is 22.8 Å². The van der Waals surface area contributed by atoms with Gasteiger partial charge >= 0.3 is 0 Å². The minimum atomic E-state index is -0.0283. The molecular formula is C13H19NO4. The van der Waals surface area contributed by atoms with E-state index in [0.717, 1.165) is 19.5 Å². The minimum absolute atomic E-state index is 0.0283. The van der Waals surface area contributed by atoms with Crippen molar-refractivity contribution < 1.29 is 18.7 Å². The molecule has 1 fully saturated rings. The van der Waals surface area contributed by atoms with Gasteiger partial charge in [-0.3, -0.25) is 4.79 Å². The van der Waals surface area contributed by atoms with Crippen LogP contribution in [0.25, 0.3) is 0 Å². The monoisotopic (exact) mass is 253 g/mol.